The third-order valence-electron chi connectivity index (χ3n) is 5.81. The molecule has 1 N–H and O–H groups in total. The van der Waals surface area contributed by atoms with Crippen molar-refractivity contribution < 1.29 is 34.4 Å². The molecule has 0 bridgehead atoms. The molecule has 0 saturated carbocycles. The normalized spacial score (nSPS) is 11.4. The number of aliphatic hydroxyl groups excluding tert-OH is 1. The van der Waals surface area contributed by atoms with Crippen molar-refractivity contribution in [3.8, 4) is 22.6 Å². The topological polar surface area (TPSA) is 63.3 Å². The van der Waals surface area contributed by atoms with E-state index in [1.54, 1.807) is 0 Å². The Hall–Kier alpha value is -3.01. The van der Waals surface area contributed by atoms with Crippen LogP contribution in [0.1, 0.15) is 75.6 Å². The van der Waals surface area contributed by atoms with Crippen LogP contribution >= 0.6 is 0 Å². The van der Waals surface area contributed by atoms with Gasteiger partial charge in [0.1, 0.15) is 5.76 Å². The Kier molecular flexibility index (Phi) is 10.6. The van der Waals surface area contributed by atoms with Crippen LogP contribution in [-0.4, -0.2) is 15.9 Å². The number of hydrogen-bond donors (Lipinski definition) is 1. The van der Waals surface area contributed by atoms with E-state index in [-0.39, 0.29) is 31.6 Å². The summed E-state index contributed by atoms with van der Waals surface area (Å²) >= 11 is 0. The number of ketones is 1. The number of pyridine rings is 1. The Labute approximate surface area is 234 Å². The number of aliphatic hydroxyl groups is 1. The van der Waals surface area contributed by atoms with E-state index in [4.69, 9.17) is 14.5 Å². The molecule has 0 fully saturated rings. The molecule has 0 unspecified atom stereocenters. The predicted molar refractivity (Wildman–Crippen MR) is 148 cm³/mol. The molecule has 0 atom stereocenters. The van der Waals surface area contributed by atoms with Gasteiger partial charge in [0.25, 0.3) is 0 Å². The van der Waals surface area contributed by atoms with Crippen LogP contribution in [0, 0.1) is 19.9 Å². The molecule has 0 saturated heterocycles. The van der Waals surface area contributed by atoms with Crippen molar-refractivity contribution in [2.45, 2.75) is 67.2 Å². The summed E-state index contributed by atoms with van der Waals surface area (Å²) in [6, 6.07) is 20.6. The first kappa shape index (κ1) is 30.2. The summed E-state index contributed by atoms with van der Waals surface area (Å²) in [6.07, 6.45) is 1.17. The van der Waals surface area contributed by atoms with Gasteiger partial charge in [0.15, 0.2) is 11.4 Å². The molecular weight excluding hydrogens is 639 g/mol. The summed E-state index contributed by atoms with van der Waals surface area (Å²) in [5.41, 5.74) is 9.79. The van der Waals surface area contributed by atoms with Crippen molar-refractivity contribution in [2.24, 2.45) is 0 Å². The molecule has 0 aliphatic rings. The SMILES string of the molecule is CC(=O)/C=C(/C)O.Cc1[c-]c(-c2ccc3oc(-c4cc(C(C)C)cc(C(C)C)c4)cc3n2)cc(C)c1.[Ir]. The quantitative estimate of drug-likeness (QED) is 0.131. The molecule has 4 aromatic rings. The number of allylic oxidation sites excluding steroid dienone is 2. The average molecular weight is 675 g/mol. The van der Waals surface area contributed by atoms with E-state index < -0.39 is 0 Å². The molecule has 2 aromatic heterocycles. The van der Waals surface area contributed by atoms with Gasteiger partial charge in [-0.15, -0.1) is 34.9 Å². The summed E-state index contributed by atoms with van der Waals surface area (Å²) in [5.74, 6) is 1.76. The smallest absolute Gasteiger partial charge is 0.155 e. The zero-order chi connectivity index (χ0) is 26.6. The van der Waals surface area contributed by atoms with Crippen molar-refractivity contribution in [1.82, 2.24) is 4.98 Å². The van der Waals surface area contributed by atoms with E-state index >= 15 is 0 Å². The van der Waals surface area contributed by atoms with E-state index in [0.717, 1.165) is 39.2 Å². The van der Waals surface area contributed by atoms with Gasteiger partial charge < -0.3 is 9.52 Å². The molecule has 1 radical (unpaired) electrons. The number of hydrogen-bond acceptors (Lipinski definition) is 4. The number of rotatable bonds is 5. The van der Waals surface area contributed by atoms with Crippen LogP contribution in [0.4, 0.5) is 0 Å². The molecular formula is C32H36IrNO3-. The van der Waals surface area contributed by atoms with Crippen molar-refractivity contribution in [3.63, 3.8) is 0 Å². The molecule has 0 aliphatic heterocycles. The Bertz CT molecular complexity index is 1360. The number of aryl methyl sites for hydroxylation is 2. The van der Waals surface area contributed by atoms with Gasteiger partial charge in [-0.1, -0.05) is 53.7 Å². The van der Waals surface area contributed by atoms with Crippen LogP contribution in [0.2, 0.25) is 0 Å². The van der Waals surface area contributed by atoms with Gasteiger partial charge in [0, 0.05) is 37.8 Å². The molecule has 0 amide bonds. The third kappa shape index (κ3) is 8.24. The standard InChI is InChI=1S/C27H28NO.C5H8O2.Ir/c1-16(2)20-12-21(17(3)4)14-23(13-20)27-15-25-26(29-27)8-7-24(28-25)22-10-18(5)9-19(6)11-22;1-4(6)3-5(2)7;/h7-10,12-17H,1-6H3;3,6H,1-2H3;/q-1;;/b;4-3-;. The monoisotopic (exact) mass is 675 g/mol. The molecule has 4 nitrogen and oxygen atoms in total. The molecule has 37 heavy (non-hydrogen) atoms. The second-order valence-corrected chi connectivity index (χ2v) is 10.0. The number of benzene rings is 2. The maximum atomic E-state index is 10.0. The summed E-state index contributed by atoms with van der Waals surface area (Å²) in [4.78, 5) is 14.9. The Balaban J connectivity index is 0.000000532. The third-order valence-corrected chi connectivity index (χ3v) is 5.81. The fourth-order valence-electron chi connectivity index (χ4n) is 4.03. The number of nitrogens with zero attached hydrogens (tertiary/aromatic N) is 1. The number of fused-ring (bicyclic) bond motifs is 1. The number of carbonyl (C=O) groups excluding carboxylic acids is 1. The molecule has 2 heterocycles. The first-order valence-electron chi connectivity index (χ1n) is 12.4. The van der Waals surface area contributed by atoms with Crippen molar-refractivity contribution in [1.29, 1.82) is 0 Å². The van der Waals surface area contributed by atoms with E-state index in [0.29, 0.717) is 11.8 Å². The summed E-state index contributed by atoms with van der Waals surface area (Å²) in [5, 5.41) is 8.36. The molecule has 197 valence electrons. The van der Waals surface area contributed by atoms with Gasteiger partial charge >= 0.3 is 0 Å². The fourth-order valence-corrected chi connectivity index (χ4v) is 4.03. The van der Waals surface area contributed by atoms with Crippen LogP contribution in [0.5, 0.6) is 0 Å². The number of aromatic nitrogens is 1. The maximum Gasteiger partial charge on any atom is 0.155 e. The van der Waals surface area contributed by atoms with E-state index in [1.807, 2.05) is 12.1 Å². The zero-order valence-electron chi connectivity index (χ0n) is 22.9. The molecule has 0 aliphatic carbocycles. The summed E-state index contributed by atoms with van der Waals surface area (Å²) in [7, 11) is 0. The van der Waals surface area contributed by atoms with Gasteiger partial charge in [-0.05, 0) is 60.7 Å². The van der Waals surface area contributed by atoms with Gasteiger partial charge in [-0.2, -0.15) is 0 Å². The second kappa shape index (κ2) is 13.0. The molecule has 4 rings (SSSR count). The largest absolute Gasteiger partial charge is 0.512 e. The van der Waals surface area contributed by atoms with Gasteiger partial charge in [0.2, 0.25) is 0 Å². The van der Waals surface area contributed by atoms with Crippen LogP contribution in [-0.2, 0) is 24.9 Å². The maximum absolute atomic E-state index is 10.0. The Morgan fingerprint density at radius 1 is 0.946 bits per heavy atom. The molecule has 5 heteroatoms. The van der Waals surface area contributed by atoms with Crippen molar-refractivity contribution in [3.05, 3.63) is 88.7 Å². The van der Waals surface area contributed by atoms with Crippen LogP contribution in [0.3, 0.4) is 0 Å². The minimum atomic E-state index is -0.125. The van der Waals surface area contributed by atoms with Gasteiger partial charge in [-0.3, -0.25) is 9.78 Å². The van der Waals surface area contributed by atoms with E-state index in [1.165, 1.54) is 36.6 Å². The van der Waals surface area contributed by atoms with E-state index in [9.17, 15) is 4.79 Å². The predicted octanol–water partition coefficient (Wildman–Crippen LogP) is 8.86. The van der Waals surface area contributed by atoms with E-state index in [2.05, 4.69) is 84.0 Å². The minimum Gasteiger partial charge on any atom is -0.512 e. The Morgan fingerprint density at radius 2 is 1.57 bits per heavy atom. The minimum absolute atomic E-state index is 0. The first-order valence-corrected chi connectivity index (χ1v) is 12.4. The van der Waals surface area contributed by atoms with Gasteiger partial charge in [-0.25, -0.2) is 0 Å². The average Bonchev–Trinajstić information content (AvgIpc) is 3.21. The second-order valence-electron chi connectivity index (χ2n) is 10.0. The van der Waals surface area contributed by atoms with Crippen molar-refractivity contribution >= 4 is 16.9 Å². The zero-order valence-corrected chi connectivity index (χ0v) is 25.3. The van der Waals surface area contributed by atoms with Gasteiger partial charge in [0.05, 0.1) is 11.3 Å². The first-order chi connectivity index (χ1) is 16.9. The Morgan fingerprint density at radius 3 is 2.05 bits per heavy atom. The van der Waals surface area contributed by atoms with Crippen LogP contribution < -0.4 is 0 Å². The molecule has 2 aromatic carbocycles. The molecule has 0 spiro atoms. The summed E-state index contributed by atoms with van der Waals surface area (Å²) < 4.78 is 6.19. The number of carbonyl (C=O) groups is 1. The number of furan rings is 1. The van der Waals surface area contributed by atoms with Crippen molar-refractivity contribution in [2.75, 3.05) is 0 Å². The van der Waals surface area contributed by atoms with Crippen LogP contribution in [0.15, 0.2) is 64.8 Å². The fraction of sp³-hybridized carbons (Fsp3) is 0.312. The van der Waals surface area contributed by atoms with Crippen LogP contribution in [0.25, 0.3) is 33.7 Å². The summed E-state index contributed by atoms with van der Waals surface area (Å²) in [6.45, 7) is 15.9.